The SMILES string of the molecule is CCOC(=O)N1Cc2sc3ncnc(Nc4ccc5c(cnn5Cc5cccc(F)c5)c4)c3c2C1. The molecule has 0 radical (unpaired) electrons. The van der Waals surface area contributed by atoms with Crippen LogP contribution >= 0.6 is 11.3 Å². The van der Waals surface area contributed by atoms with Crippen molar-refractivity contribution in [1.29, 1.82) is 0 Å². The van der Waals surface area contributed by atoms with Crippen LogP contribution in [-0.4, -0.2) is 37.3 Å². The number of aromatic nitrogens is 4. The van der Waals surface area contributed by atoms with Gasteiger partial charge in [0.25, 0.3) is 0 Å². The van der Waals surface area contributed by atoms with Gasteiger partial charge in [0, 0.05) is 21.5 Å². The highest BCUT2D eigenvalue weighted by atomic mass is 32.1. The van der Waals surface area contributed by atoms with Crippen molar-refractivity contribution in [2.45, 2.75) is 26.6 Å². The molecule has 0 bridgehead atoms. The van der Waals surface area contributed by atoms with E-state index < -0.39 is 0 Å². The van der Waals surface area contributed by atoms with Crippen molar-refractivity contribution in [3.8, 4) is 0 Å². The summed E-state index contributed by atoms with van der Waals surface area (Å²) in [4.78, 5) is 24.8. The molecule has 10 heteroatoms. The lowest BCUT2D eigenvalue weighted by molar-refractivity contribution is 0.107. The molecule has 0 saturated heterocycles. The molecule has 0 spiro atoms. The van der Waals surface area contributed by atoms with E-state index in [-0.39, 0.29) is 11.9 Å². The van der Waals surface area contributed by atoms with E-state index in [2.05, 4.69) is 20.4 Å². The molecule has 1 amide bonds. The van der Waals surface area contributed by atoms with E-state index in [9.17, 15) is 9.18 Å². The fraction of sp³-hybridized carbons (Fsp3) is 0.200. The van der Waals surface area contributed by atoms with Crippen LogP contribution in [0.5, 0.6) is 0 Å². The first-order valence-corrected chi connectivity index (χ1v) is 12.0. The zero-order chi connectivity index (χ0) is 23.9. The second-order valence-electron chi connectivity index (χ2n) is 8.29. The van der Waals surface area contributed by atoms with E-state index in [0.717, 1.165) is 42.8 Å². The Balaban J connectivity index is 1.28. The monoisotopic (exact) mass is 488 g/mol. The minimum Gasteiger partial charge on any atom is -0.450 e. The molecule has 176 valence electrons. The number of benzene rings is 2. The smallest absolute Gasteiger partial charge is 0.410 e. The number of nitrogens with zero attached hydrogens (tertiary/aromatic N) is 5. The molecule has 3 aromatic heterocycles. The van der Waals surface area contributed by atoms with Crippen LogP contribution in [0.2, 0.25) is 0 Å². The van der Waals surface area contributed by atoms with Crippen LogP contribution in [0.3, 0.4) is 0 Å². The van der Waals surface area contributed by atoms with Gasteiger partial charge in [0.05, 0.1) is 43.3 Å². The number of carbonyl (C=O) groups excluding carboxylic acids is 1. The number of ether oxygens (including phenoxy) is 1. The average Bonchev–Trinajstić information content (AvgIpc) is 3.52. The van der Waals surface area contributed by atoms with E-state index in [0.29, 0.717) is 32.1 Å². The Kier molecular flexibility index (Phi) is 5.29. The van der Waals surface area contributed by atoms with E-state index in [4.69, 9.17) is 4.74 Å². The predicted molar refractivity (Wildman–Crippen MR) is 132 cm³/mol. The topological polar surface area (TPSA) is 85.2 Å². The van der Waals surface area contributed by atoms with Gasteiger partial charge in [0.2, 0.25) is 0 Å². The summed E-state index contributed by atoms with van der Waals surface area (Å²) in [5.74, 6) is 0.441. The summed E-state index contributed by atoms with van der Waals surface area (Å²) in [7, 11) is 0. The second-order valence-corrected chi connectivity index (χ2v) is 9.38. The van der Waals surface area contributed by atoms with Gasteiger partial charge in [0.15, 0.2) is 0 Å². The van der Waals surface area contributed by atoms with E-state index in [1.807, 2.05) is 28.9 Å². The summed E-state index contributed by atoms with van der Waals surface area (Å²) < 4.78 is 20.6. The van der Waals surface area contributed by atoms with Crippen molar-refractivity contribution < 1.29 is 13.9 Å². The number of hydrogen-bond donors (Lipinski definition) is 1. The molecule has 6 rings (SSSR count). The zero-order valence-electron chi connectivity index (χ0n) is 18.9. The highest BCUT2D eigenvalue weighted by Gasteiger charge is 2.30. The number of hydrogen-bond acceptors (Lipinski definition) is 7. The van der Waals surface area contributed by atoms with Crippen molar-refractivity contribution in [2.75, 3.05) is 11.9 Å². The molecule has 0 fully saturated rings. The number of carbonyl (C=O) groups is 1. The van der Waals surface area contributed by atoms with Gasteiger partial charge in [-0.2, -0.15) is 5.10 Å². The fourth-order valence-electron chi connectivity index (χ4n) is 4.43. The molecule has 0 saturated carbocycles. The summed E-state index contributed by atoms with van der Waals surface area (Å²) in [5, 5.41) is 9.81. The van der Waals surface area contributed by atoms with Crippen LogP contribution < -0.4 is 5.32 Å². The third-order valence-corrected chi connectivity index (χ3v) is 7.13. The Morgan fingerprint density at radius 2 is 2.11 bits per heavy atom. The maximum absolute atomic E-state index is 13.6. The molecule has 0 atom stereocenters. The van der Waals surface area contributed by atoms with E-state index in [1.54, 1.807) is 41.8 Å². The maximum atomic E-state index is 13.6. The Morgan fingerprint density at radius 3 is 2.97 bits per heavy atom. The summed E-state index contributed by atoms with van der Waals surface area (Å²) >= 11 is 1.58. The molecule has 0 unspecified atom stereocenters. The maximum Gasteiger partial charge on any atom is 0.410 e. The third-order valence-electron chi connectivity index (χ3n) is 6.01. The Hall–Kier alpha value is -4.05. The molecule has 4 heterocycles. The molecular formula is C25H21FN6O2S. The average molecular weight is 489 g/mol. The second kappa shape index (κ2) is 8.62. The van der Waals surface area contributed by atoms with Gasteiger partial charge in [0.1, 0.15) is 22.8 Å². The number of thiophene rings is 1. The summed E-state index contributed by atoms with van der Waals surface area (Å²) in [6.07, 6.45) is 3.04. The van der Waals surface area contributed by atoms with Crippen LogP contribution in [0, 0.1) is 5.82 Å². The van der Waals surface area contributed by atoms with Crippen LogP contribution in [0.25, 0.3) is 21.1 Å². The fourth-order valence-corrected chi connectivity index (χ4v) is 5.59. The van der Waals surface area contributed by atoms with Crippen molar-refractivity contribution >= 4 is 50.1 Å². The lowest BCUT2D eigenvalue weighted by atomic mass is 10.2. The van der Waals surface area contributed by atoms with Crippen LogP contribution in [0.1, 0.15) is 22.9 Å². The molecule has 1 N–H and O–H groups in total. The molecule has 2 aromatic carbocycles. The summed E-state index contributed by atoms with van der Waals surface area (Å²) in [5.41, 5.74) is 3.73. The Bertz CT molecular complexity index is 1580. The quantitative estimate of drug-likeness (QED) is 0.354. The summed E-state index contributed by atoms with van der Waals surface area (Å²) in [6, 6.07) is 12.5. The van der Waals surface area contributed by atoms with Gasteiger partial charge in [-0.05, 0) is 42.8 Å². The number of fused-ring (bicyclic) bond motifs is 4. The molecule has 35 heavy (non-hydrogen) atoms. The van der Waals surface area contributed by atoms with Crippen molar-refractivity contribution in [2.24, 2.45) is 0 Å². The number of halogens is 1. The molecule has 5 aromatic rings. The zero-order valence-corrected chi connectivity index (χ0v) is 19.7. The van der Waals surface area contributed by atoms with Gasteiger partial charge < -0.3 is 10.1 Å². The largest absolute Gasteiger partial charge is 0.450 e. The molecule has 8 nitrogen and oxygen atoms in total. The molecular weight excluding hydrogens is 467 g/mol. The van der Waals surface area contributed by atoms with Gasteiger partial charge in [-0.1, -0.05) is 12.1 Å². The standard InChI is InChI=1S/C25H21FN6O2S/c1-2-34-25(33)31-12-19-21(13-31)35-24-22(19)23(27-14-28-24)30-18-6-7-20-16(9-18)10-29-32(20)11-15-4-3-5-17(26)8-15/h3-10,14H,2,11-13H2,1H3,(H,27,28,30). The lowest BCUT2D eigenvalue weighted by Gasteiger charge is -2.15. The van der Waals surface area contributed by atoms with Crippen LogP contribution in [0.15, 0.2) is 55.0 Å². The minimum absolute atomic E-state index is 0.257. The normalized spacial score (nSPS) is 12.9. The van der Waals surface area contributed by atoms with Gasteiger partial charge >= 0.3 is 6.09 Å². The Morgan fingerprint density at radius 1 is 1.20 bits per heavy atom. The van der Waals surface area contributed by atoms with E-state index in [1.165, 1.54) is 12.1 Å². The molecule has 0 aliphatic carbocycles. The van der Waals surface area contributed by atoms with Gasteiger partial charge in [-0.25, -0.2) is 19.2 Å². The van der Waals surface area contributed by atoms with Gasteiger partial charge in [-0.3, -0.25) is 9.58 Å². The van der Waals surface area contributed by atoms with E-state index >= 15 is 0 Å². The van der Waals surface area contributed by atoms with Crippen LogP contribution in [0.4, 0.5) is 20.7 Å². The van der Waals surface area contributed by atoms with Crippen molar-refractivity contribution in [3.05, 3.63) is 76.8 Å². The summed E-state index contributed by atoms with van der Waals surface area (Å²) in [6.45, 7) is 3.63. The number of anilines is 2. The first kappa shape index (κ1) is 21.5. The van der Waals surface area contributed by atoms with Crippen molar-refractivity contribution in [1.82, 2.24) is 24.6 Å². The highest BCUT2D eigenvalue weighted by Crippen LogP contribution is 2.40. The molecule has 1 aliphatic heterocycles. The number of nitrogens with one attached hydrogen (secondary N) is 1. The molecule has 1 aliphatic rings. The Labute approximate surface area is 204 Å². The predicted octanol–water partition coefficient (Wildman–Crippen LogP) is 5.44. The van der Waals surface area contributed by atoms with Crippen molar-refractivity contribution in [3.63, 3.8) is 0 Å². The highest BCUT2D eigenvalue weighted by molar-refractivity contribution is 7.19. The lowest BCUT2D eigenvalue weighted by Crippen LogP contribution is -2.26. The van der Waals surface area contributed by atoms with Gasteiger partial charge in [-0.15, -0.1) is 11.3 Å². The first-order chi connectivity index (χ1) is 17.1. The third kappa shape index (κ3) is 3.95. The van der Waals surface area contributed by atoms with Crippen LogP contribution in [-0.2, 0) is 24.4 Å². The first-order valence-electron chi connectivity index (χ1n) is 11.2. The number of rotatable bonds is 5. The minimum atomic E-state index is -0.309. The number of amides is 1.